The predicted molar refractivity (Wildman–Crippen MR) is 91.2 cm³/mol. The second-order valence-electron chi connectivity index (χ2n) is 5.35. The molecule has 2 rings (SSSR count). The predicted octanol–water partition coefficient (Wildman–Crippen LogP) is 4.99. The van der Waals surface area contributed by atoms with Crippen LogP contribution in [0.4, 0.5) is 0 Å². The average molecular weight is 346 g/mol. The van der Waals surface area contributed by atoms with Crippen LogP contribution in [0.1, 0.15) is 26.3 Å². The molecule has 0 N–H and O–H groups in total. The molecule has 0 saturated carbocycles. The zero-order valence-electron chi connectivity index (χ0n) is 11.2. The number of thiocarbonyl (C=S) groups is 1. The zero-order valence-corrected chi connectivity index (χ0v) is 14.4. The van der Waals surface area contributed by atoms with Crippen LogP contribution in [0.2, 0.25) is 10.0 Å². The van der Waals surface area contributed by atoms with Gasteiger partial charge in [0, 0.05) is 15.6 Å². The maximum Gasteiger partial charge on any atom is 0.266 e. The van der Waals surface area contributed by atoms with Crippen molar-refractivity contribution in [3.05, 3.63) is 38.7 Å². The van der Waals surface area contributed by atoms with Gasteiger partial charge in [0.1, 0.15) is 4.32 Å². The van der Waals surface area contributed by atoms with Crippen LogP contribution in [-0.2, 0) is 4.79 Å². The largest absolute Gasteiger partial charge is 0.288 e. The number of amides is 1. The number of hydrogen-bond donors (Lipinski definition) is 0. The highest BCUT2D eigenvalue weighted by Gasteiger charge is 2.39. The van der Waals surface area contributed by atoms with Gasteiger partial charge in [0.05, 0.1) is 4.91 Å². The lowest BCUT2D eigenvalue weighted by Crippen LogP contribution is -2.44. The summed E-state index contributed by atoms with van der Waals surface area (Å²) in [6.07, 6.45) is 1.75. The molecule has 1 fully saturated rings. The highest BCUT2D eigenvalue weighted by molar-refractivity contribution is 8.26. The summed E-state index contributed by atoms with van der Waals surface area (Å²) in [5.74, 6) is -0.0847. The second kappa shape index (κ2) is 5.68. The molecule has 0 spiro atoms. The van der Waals surface area contributed by atoms with Crippen LogP contribution in [-0.4, -0.2) is 20.7 Å². The van der Waals surface area contributed by atoms with Crippen molar-refractivity contribution < 1.29 is 4.79 Å². The topological polar surface area (TPSA) is 20.3 Å². The molecule has 0 bridgehead atoms. The minimum atomic E-state index is -0.333. The number of hydrogen-bond acceptors (Lipinski definition) is 3. The molecule has 1 saturated heterocycles. The Balaban J connectivity index is 2.38. The molecule has 20 heavy (non-hydrogen) atoms. The molecule has 2 nitrogen and oxygen atoms in total. The van der Waals surface area contributed by atoms with Gasteiger partial charge in [0.15, 0.2) is 0 Å². The molecular formula is C14H13Cl2NOS2. The van der Waals surface area contributed by atoms with E-state index in [1.165, 1.54) is 11.8 Å². The molecule has 1 aromatic rings. The van der Waals surface area contributed by atoms with E-state index in [9.17, 15) is 4.79 Å². The molecule has 0 unspecified atom stereocenters. The molecule has 6 heteroatoms. The number of halogens is 2. The molecule has 1 aromatic carbocycles. The van der Waals surface area contributed by atoms with E-state index in [0.717, 1.165) is 5.56 Å². The van der Waals surface area contributed by atoms with Crippen molar-refractivity contribution in [3.63, 3.8) is 0 Å². The molecule has 0 atom stereocenters. The first-order chi connectivity index (χ1) is 9.20. The van der Waals surface area contributed by atoms with Crippen LogP contribution in [0, 0.1) is 0 Å². The molecule has 0 aliphatic carbocycles. The molecule has 1 heterocycles. The second-order valence-corrected chi connectivity index (χ2v) is 7.87. The Morgan fingerprint density at radius 3 is 2.45 bits per heavy atom. The van der Waals surface area contributed by atoms with E-state index >= 15 is 0 Å². The number of carbonyl (C=O) groups excluding carboxylic acids is 1. The summed E-state index contributed by atoms with van der Waals surface area (Å²) in [7, 11) is 0. The van der Waals surface area contributed by atoms with E-state index in [1.807, 2.05) is 20.8 Å². The van der Waals surface area contributed by atoms with Crippen molar-refractivity contribution in [2.24, 2.45) is 0 Å². The van der Waals surface area contributed by atoms with Gasteiger partial charge in [-0.05, 0) is 44.5 Å². The summed E-state index contributed by atoms with van der Waals surface area (Å²) in [6.45, 7) is 5.86. The van der Waals surface area contributed by atoms with Crippen molar-refractivity contribution >= 4 is 63.5 Å². The number of thioether (sulfide) groups is 1. The van der Waals surface area contributed by atoms with Gasteiger partial charge in [0.2, 0.25) is 0 Å². The molecule has 0 aromatic heterocycles. The first-order valence-electron chi connectivity index (χ1n) is 5.93. The fourth-order valence-corrected chi connectivity index (χ4v) is 3.90. The first-order valence-corrected chi connectivity index (χ1v) is 7.91. The van der Waals surface area contributed by atoms with Gasteiger partial charge in [-0.25, -0.2) is 0 Å². The lowest BCUT2D eigenvalue weighted by atomic mass is 10.1. The minimum absolute atomic E-state index is 0.0847. The van der Waals surface area contributed by atoms with Crippen molar-refractivity contribution in [2.75, 3.05) is 0 Å². The van der Waals surface area contributed by atoms with E-state index in [0.29, 0.717) is 19.3 Å². The van der Waals surface area contributed by atoms with E-state index in [4.69, 9.17) is 35.4 Å². The van der Waals surface area contributed by atoms with E-state index < -0.39 is 0 Å². The highest BCUT2D eigenvalue weighted by Crippen LogP contribution is 2.37. The lowest BCUT2D eigenvalue weighted by Gasteiger charge is -2.30. The van der Waals surface area contributed by atoms with Gasteiger partial charge in [-0.3, -0.25) is 9.69 Å². The highest BCUT2D eigenvalue weighted by atomic mass is 35.5. The van der Waals surface area contributed by atoms with E-state index in [-0.39, 0.29) is 11.4 Å². The van der Waals surface area contributed by atoms with Crippen molar-refractivity contribution in [3.8, 4) is 0 Å². The summed E-state index contributed by atoms with van der Waals surface area (Å²) in [5.41, 5.74) is 0.422. The molecule has 0 radical (unpaired) electrons. The minimum Gasteiger partial charge on any atom is -0.288 e. The fourth-order valence-electron chi connectivity index (χ4n) is 1.81. The molecular weight excluding hydrogens is 333 g/mol. The molecule has 1 aliphatic rings. The summed E-state index contributed by atoms with van der Waals surface area (Å²) in [5, 5.41) is 1.08. The quantitative estimate of drug-likeness (QED) is 0.528. The van der Waals surface area contributed by atoms with Gasteiger partial charge in [-0.15, -0.1) is 0 Å². The maximum atomic E-state index is 12.4. The van der Waals surface area contributed by atoms with Gasteiger partial charge >= 0.3 is 0 Å². The Labute approximate surface area is 138 Å². The Kier molecular flexibility index (Phi) is 4.50. The van der Waals surface area contributed by atoms with Crippen molar-refractivity contribution in [2.45, 2.75) is 26.3 Å². The van der Waals surface area contributed by atoms with Crippen LogP contribution < -0.4 is 0 Å². The molecule has 1 amide bonds. The summed E-state index contributed by atoms with van der Waals surface area (Å²) >= 11 is 18.6. The van der Waals surface area contributed by atoms with Gasteiger partial charge in [-0.1, -0.05) is 53.2 Å². The SMILES string of the molecule is CC(C)(C)N1C(=O)/C(=C/c2ccc(Cl)cc2Cl)SC1=S. The summed E-state index contributed by atoms with van der Waals surface area (Å²) in [6, 6.07) is 5.18. The van der Waals surface area contributed by atoms with Gasteiger partial charge < -0.3 is 0 Å². The van der Waals surface area contributed by atoms with E-state index in [1.54, 1.807) is 29.2 Å². The van der Waals surface area contributed by atoms with Gasteiger partial charge in [0.25, 0.3) is 5.91 Å². The average Bonchev–Trinajstić information content (AvgIpc) is 2.57. The Bertz CT molecular complexity index is 620. The number of rotatable bonds is 1. The zero-order chi connectivity index (χ0) is 15.1. The number of nitrogens with zero attached hydrogens (tertiary/aromatic N) is 1. The van der Waals surface area contributed by atoms with Crippen LogP contribution >= 0.6 is 47.2 Å². The van der Waals surface area contributed by atoms with Crippen molar-refractivity contribution in [1.82, 2.24) is 4.90 Å². The lowest BCUT2D eigenvalue weighted by molar-refractivity contribution is -0.125. The van der Waals surface area contributed by atoms with Crippen molar-refractivity contribution in [1.29, 1.82) is 0 Å². The number of benzene rings is 1. The van der Waals surface area contributed by atoms with Crippen LogP contribution in [0.3, 0.4) is 0 Å². The Morgan fingerprint density at radius 2 is 1.95 bits per heavy atom. The van der Waals surface area contributed by atoms with Crippen LogP contribution in [0.5, 0.6) is 0 Å². The standard InChI is InChI=1S/C14H13Cl2NOS2/c1-14(2,3)17-12(18)11(20-13(17)19)6-8-4-5-9(15)7-10(8)16/h4-7H,1-3H3/b11-6-. The summed E-state index contributed by atoms with van der Waals surface area (Å²) < 4.78 is 0.568. The smallest absolute Gasteiger partial charge is 0.266 e. The normalized spacial score (nSPS) is 18.2. The Hall–Kier alpha value is -0.550. The third-order valence-corrected chi connectivity index (χ3v) is 4.58. The third kappa shape index (κ3) is 3.19. The molecule has 1 aliphatic heterocycles. The van der Waals surface area contributed by atoms with Crippen LogP contribution in [0.15, 0.2) is 23.1 Å². The van der Waals surface area contributed by atoms with Crippen LogP contribution in [0.25, 0.3) is 6.08 Å². The third-order valence-electron chi connectivity index (χ3n) is 2.71. The number of carbonyl (C=O) groups is 1. The monoisotopic (exact) mass is 345 g/mol. The maximum absolute atomic E-state index is 12.4. The van der Waals surface area contributed by atoms with E-state index in [2.05, 4.69) is 0 Å². The fraction of sp³-hybridized carbons (Fsp3) is 0.286. The Morgan fingerprint density at radius 1 is 1.30 bits per heavy atom. The summed E-state index contributed by atoms with van der Waals surface area (Å²) in [4.78, 5) is 14.6. The first kappa shape index (κ1) is 15.8. The molecule has 106 valence electrons. The van der Waals surface area contributed by atoms with Gasteiger partial charge in [-0.2, -0.15) is 0 Å².